The number of allylic oxidation sites excluding steroid dienone is 1. The van der Waals surface area contributed by atoms with Gasteiger partial charge in [0.25, 0.3) is 0 Å². The highest BCUT2D eigenvalue weighted by Crippen LogP contribution is 2.40. The van der Waals surface area contributed by atoms with E-state index in [0.717, 1.165) is 17.0 Å². The van der Waals surface area contributed by atoms with Gasteiger partial charge in [-0.15, -0.1) is 0 Å². The standard InChI is InChI=1S/C23H29NO5/c1-8-29-19-11-9-16(14-18(19)24(3)4)21(25)15(2)13-17-10-12-20(26-5)23(28-7)22(17)27-6/h9-14H,8H2,1-7H3. The van der Waals surface area contributed by atoms with Crippen LogP contribution < -0.4 is 23.8 Å². The summed E-state index contributed by atoms with van der Waals surface area (Å²) in [6, 6.07) is 9.07. The summed E-state index contributed by atoms with van der Waals surface area (Å²) in [5, 5.41) is 0. The van der Waals surface area contributed by atoms with Crippen molar-refractivity contribution in [2.75, 3.05) is 46.9 Å². The zero-order valence-corrected chi connectivity index (χ0v) is 18.2. The third kappa shape index (κ3) is 4.83. The molecular weight excluding hydrogens is 370 g/mol. The highest BCUT2D eigenvalue weighted by atomic mass is 16.5. The number of ether oxygens (including phenoxy) is 4. The number of nitrogens with zero attached hydrogens (tertiary/aromatic N) is 1. The second-order valence-corrected chi connectivity index (χ2v) is 6.59. The predicted octanol–water partition coefficient (Wildman–Crippen LogP) is 4.46. The van der Waals surface area contributed by atoms with Crippen molar-refractivity contribution >= 4 is 17.5 Å². The summed E-state index contributed by atoms with van der Waals surface area (Å²) in [5.41, 5.74) is 2.75. The van der Waals surface area contributed by atoms with Gasteiger partial charge >= 0.3 is 0 Å². The molecule has 0 saturated carbocycles. The third-order valence-electron chi connectivity index (χ3n) is 4.47. The summed E-state index contributed by atoms with van der Waals surface area (Å²) in [6.45, 7) is 4.28. The number of hydrogen-bond donors (Lipinski definition) is 0. The summed E-state index contributed by atoms with van der Waals surface area (Å²) >= 11 is 0. The molecule has 156 valence electrons. The molecule has 0 atom stereocenters. The molecule has 0 aliphatic rings. The van der Waals surface area contributed by atoms with Crippen molar-refractivity contribution < 1.29 is 23.7 Å². The molecule has 2 aromatic rings. The third-order valence-corrected chi connectivity index (χ3v) is 4.47. The lowest BCUT2D eigenvalue weighted by atomic mass is 10.0. The Kier molecular flexibility index (Phi) is 7.53. The Labute approximate surface area is 172 Å². The largest absolute Gasteiger partial charge is 0.493 e. The van der Waals surface area contributed by atoms with Crippen molar-refractivity contribution in [2.45, 2.75) is 13.8 Å². The number of hydrogen-bond acceptors (Lipinski definition) is 6. The first-order valence-corrected chi connectivity index (χ1v) is 9.34. The van der Waals surface area contributed by atoms with Gasteiger partial charge in [0.2, 0.25) is 5.75 Å². The molecule has 29 heavy (non-hydrogen) atoms. The Hall–Kier alpha value is -3.15. The van der Waals surface area contributed by atoms with Gasteiger partial charge in [-0.25, -0.2) is 0 Å². The molecule has 6 heteroatoms. The van der Waals surface area contributed by atoms with Crippen LogP contribution in [-0.2, 0) is 0 Å². The van der Waals surface area contributed by atoms with Crippen LogP contribution in [0.3, 0.4) is 0 Å². The van der Waals surface area contributed by atoms with E-state index in [-0.39, 0.29) is 5.78 Å². The summed E-state index contributed by atoms with van der Waals surface area (Å²) in [4.78, 5) is 15.0. The number of rotatable bonds is 9. The lowest BCUT2D eigenvalue weighted by Crippen LogP contribution is -2.12. The molecule has 0 unspecified atom stereocenters. The van der Waals surface area contributed by atoms with E-state index in [9.17, 15) is 4.79 Å². The maximum Gasteiger partial charge on any atom is 0.203 e. The Morgan fingerprint density at radius 2 is 1.62 bits per heavy atom. The highest BCUT2D eigenvalue weighted by molar-refractivity contribution is 6.11. The fraction of sp³-hybridized carbons (Fsp3) is 0.348. The van der Waals surface area contributed by atoms with Gasteiger partial charge < -0.3 is 23.8 Å². The van der Waals surface area contributed by atoms with E-state index in [0.29, 0.717) is 35.0 Å². The molecule has 0 fully saturated rings. The van der Waals surface area contributed by atoms with Gasteiger partial charge in [-0.05, 0) is 55.8 Å². The average molecular weight is 399 g/mol. The molecule has 0 radical (unpaired) electrons. The number of ketones is 1. The first-order chi connectivity index (χ1) is 13.9. The smallest absolute Gasteiger partial charge is 0.203 e. The summed E-state index contributed by atoms with van der Waals surface area (Å²) in [6.07, 6.45) is 1.79. The number of carbonyl (C=O) groups is 1. The molecule has 0 bridgehead atoms. The van der Waals surface area contributed by atoms with Gasteiger partial charge in [-0.3, -0.25) is 4.79 Å². The van der Waals surface area contributed by atoms with E-state index >= 15 is 0 Å². The summed E-state index contributed by atoms with van der Waals surface area (Å²) in [5.74, 6) is 2.23. The SMILES string of the molecule is CCOc1ccc(C(=O)C(C)=Cc2ccc(OC)c(OC)c2OC)cc1N(C)C. The second-order valence-electron chi connectivity index (χ2n) is 6.59. The Balaban J connectivity index is 2.45. The molecule has 0 aliphatic heterocycles. The number of benzene rings is 2. The van der Waals surface area contributed by atoms with Crippen LogP contribution in [0.15, 0.2) is 35.9 Å². The zero-order chi connectivity index (χ0) is 21.6. The number of methoxy groups -OCH3 is 3. The minimum absolute atomic E-state index is 0.0759. The first-order valence-electron chi connectivity index (χ1n) is 9.34. The average Bonchev–Trinajstić information content (AvgIpc) is 2.72. The van der Waals surface area contributed by atoms with Gasteiger partial charge in [0.1, 0.15) is 5.75 Å². The van der Waals surface area contributed by atoms with E-state index in [1.165, 1.54) is 0 Å². The molecule has 0 heterocycles. The van der Waals surface area contributed by atoms with Crippen molar-refractivity contribution in [3.63, 3.8) is 0 Å². The number of Topliss-reactive ketones (excluding diaryl/α,β-unsaturated/α-hetero) is 1. The van der Waals surface area contributed by atoms with Crippen LogP contribution in [0.4, 0.5) is 5.69 Å². The summed E-state index contributed by atoms with van der Waals surface area (Å²) < 4.78 is 21.9. The molecule has 0 N–H and O–H groups in total. The minimum Gasteiger partial charge on any atom is -0.493 e. The minimum atomic E-state index is -0.0759. The molecular formula is C23H29NO5. The van der Waals surface area contributed by atoms with E-state index in [1.807, 2.05) is 44.1 Å². The quantitative estimate of drug-likeness (QED) is 0.458. The fourth-order valence-electron chi connectivity index (χ4n) is 3.05. The summed E-state index contributed by atoms with van der Waals surface area (Å²) in [7, 11) is 8.51. The molecule has 0 aromatic heterocycles. The molecule has 0 amide bonds. The van der Waals surface area contributed by atoms with Crippen LogP contribution in [0.25, 0.3) is 6.08 Å². The Bertz CT molecular complexity index is 902. The molecule has 6 nitrogen and oxygen atoms in total. The van der Waals surface area contributed by atoms with Crippen LogP contribution in [0.5, 0.6) is 23.0 Å². The molecule has 0 spiro atoms. The van der Waals surface area contributed by atoms with Gasteiger partial charge in [0, 0.05) is 25.2 Å². The van der Waals surface area contributed by atoms with E-state index < -0.39 is 0 Å². The van der Waals surface area contributed by atoms with Gasteiger partial charge in [-0.1, -0.05) is 0 Å². The van der Waals surface area contributed by atoms with Crippen LogP contribution in [0, 0.1) is 0 Å². The molecule has 0 saturated heterocycles. The number of anilines is 1. The Morgan fingerprint density at radius 3 is 2.17 bits per heavy atom. The van der Waals surface area contributed by atoms with Gasteiger partial charge in [0.05, 0.1) is 33.6 Å². The van der Waals surface area contributed by atoms with Crippen molar-refractivity contribution in [1.29, 1.82) is 0 Å². The van der Waals surface area contributed by atoms with Crippen LogP contribution in [-0.4, -0.2) is 47.8 Å². The lowest BCUT2D eigenvalue weighted by Gasteiger charge is -2.18. The maximum absolute atomic E-state index is 13.0. The van der Waals surface area contributed by atoms with Gasteiger partial charge in [0.15, 0.2) is 17.3 Å². The Morgan fingerprint density at radius 1 is 0.966 bits per heavy atom. The molecule has 2 aromatic carbocycles. The van der Waals surface area contributed by atoms with Crippen LogP contribution >= 0.6 is 0 Å². The molecule has 0 aliphatic carbocycles. The monoisotopic (exact) mass is 399 g/mol. The topological polar surface area (TPSA) is 57.2 Å². The maximum atomic E-state index is 13.0. The van der Waals surface area contributed by atoms with Crippen molar-refractivity contribution in [3.05, 3.63) is 47.0 Å². The van der Waals surface area contributed by atoms with Crippen molar-refractivity contribution in [3.8, 4) is 23.0 Å². The lowest BCUT2D eigenvalue weighted by molar-refractivity contribution is 0.103. The normalized spacial score (nSPS) is 11.1. The van der Waals surface area contributed by atoms with E-state index in [2.05, 4.69) is 0 Å². The van der Waals surface area contributed by atoms with E-state index in [4.69, 9.17) is 18.9 Å². The molecule has 2 rings (SSSR count). The fourth-order valence-corrected chi connectivity index (χ4v) is 3.05. The van der Waals surface area contributed by atoms with Crippen molar-refractivity contribution in [2.24, 2.45) is 0 Å². The van der Waals surface area contributed by atoms with Gasteiger partial charge in [-0.2, -0.15) is 0 Å². The predicted molar refractivity (Wildman–Crippen MR) is 116 cm³/mol. The first kappa shape index (κ1) is 22.1. The van der Waals surface area contributed by atoms with Crippen LogP contribution in [0.1, 0.15) is 29.8 Å². The van der Waals surface area contributed by atoms with Crippen LogP contribution in [0.2, 0.25) is 0 Å². The van der Waals surface area contributed by atoms with Crippen molar-refractivity contribution in [1.82, 2.24) is 0 Å². The van der Waals surface area contributed by atoms with E-state index in [1.54, 1.807) is 46.5 Å². The second kappa shape index (κ2) is 9.87. The zero-order valence-electron chi connectivity index (χ0n) is 18.2. The highest BCUT2D eigenvalue weighted by Gasteiger charge is 2.17. The number of carbonyl (C=O) groups excluding carboxylic acids is 1.